The van der Waals surface area contributed by atoms with Gasteiger partial charge >= 0.3 is 11.9 Å². The normalized spacial score (nSPS) is 15.7. The minimum Gasteiger partial charge on any atom is -0.508 e. The zero-order valence-electron chi connectivity index (χ0n) is 20.2. The predicted octanol–water partition coefficient (Wildman–Crippen LogP) is 4.92. The van der Waals surface area contributed by atoms with E-state index in [9.17, 15) is 14.7 Å². The molecule has 2 aromatic rings. The number of nitrogens with one attached hydrogen (secondary N) is 1. The van der Waals surface area contributed by atoms with E-state index in [0.29, 0.717) is 23.7 Å². The van der Waals surface area contributed by atoms with E-state index in [1.54, 1.807) is 31.2 Å². The van der Waals surface area contributed by atoms with Gasteiger partial charge in [0.15, 0.2) is 0 Å². The number of benzene rings is 2. The lowest BCUT2D eigenvalue weighted by Gasteiger charge is -2.38. The summed E-state index contributed by atoms with van der Waals surface area (Å²) in [6, 6.07) is 8.78. The van der Waals surface area contributed by atoms with Crippen LogP contribution in [-0.4, -0.2) is 41.6 Å². The Labute approximate surface area is 195 Å². The van der Waals surface area contributed by atoms with Gasteiger partial charge in [0.05, 0.1) is 6.61 Å². The molecule has 2 N–H and O–H groups in total. The Kier molecular flexibility index (Phi) is 7.64. The third-order valence-corrected chi connectivity index (χ3v) is 5.82. The molecule has 1 amide bonds. The molecule has 0 spiro atoms. The fourth-order valence-corrected chi connectivity index (χ4v) is 4.35. The van der Waals surface area contributed by atoms with Gasteiger partial charge in [-0.1, -0.05) is 13.8 Å². The summed E-state index contributed by atoms with van der Waals surface area (Å²) >= 11 is 0. The number of hydrogen-bond donors (Lipinski definition) is 2. The summed E-state index contributed by atoms with van der Waals surface area (Å²) in [5.74, 6) is -0.167. The molecule has 0 bridgehead atoms. The smallest absolute Gasteiger partial charge is 0.397 e. The van der Waals surface area contributed by atoms with Crippen LogP contribution in [0.5, 0.6) is 17.2 Å². The molecule has 0 aliphatic carbocycles. The first kappa shape index (κ1) is 24.6. The van der Waals surface area contributed by atoms with Gasteiger partial charge in [0.25, 0.3) is 0 Å². The second-order valence-corrected chi connectivity index (χ2v) is 9.48. The standard InChI is InChI=1S/C26H34N2O5/c1-6-32-25(31)24(30)27-20-12-17(2)23(18(3)13-20)33-21-8-9-22(29)19(14-21)15-28-11-7-10-26(4,5)16-28/h8-9,12-14,29H,6-7,10-11,15-16H2,1-5H3,(H,27,30). The topological polar surface area (TPSA) is 88.1 Å². The molecule has 0 saturated carbocycles. The Morgan fingerprint density at radius 1 is 1.15 bits per heavy atom. The van der Waals surface area contributed by atoms with Gasteiger partial charge in [-0.15, -0.1) is 0 Å². The van der Waals surface area contributed by atoms with Crippen LogP contribution in [0.2, 0.25) is 0 Å². The number of rotatable bonds is 6. The highest BCUT2D eigenvalue weighted by Crippen LogP contribution is 2.35. The molecule has 1 aliphatic rings. The lowest BCUT2D eigenvalue weighted by molar-refractivity contribution is -0.152. The zero-order chi connectivity index (χ0) is 24.2. The molecule has 7 nitrogen and oxygen atoms in total. The maximum atomic E-state index is 11.9. The van der Waals surface area contributed by atoms with Gasteiger partial charge in [0, 0.05) is 24.3 Å². The number of likely N-dealkylation sites (tertiary alicyclic amines) is 1. The van der Waals surface area contributed by atoms with Crippen molar-refractivity contribution in [3.05, 3.63) is 47.0 Å². The van der Waals surface area contributed by atoms with E-state index in [1.165, 1.54) is 6.42 Å². The first-order valence-electron chi connectivity index (χ1n) is 11.4. The van der Waals surface area contributed by atoms with E-state index in [4.69, 9.17) is 9.47 Å². The number of ether oxygens (including phenoxy) is 2. The van der Waals surface area contributed by atoms with E-state index < -0.39 is 11.9 Å². The average Bonchev–Trinajstić information content (AvgIpc) is 2.72. The molecule has 1 aliphatic heterocycles. The Balaban J connectivity index is 1.74. The van der Waals surface area contributed by atoms with Crippen molar-refractivity contribution < 1.29 is 24.2 Å². The van der Waals surface area contributed by atoms with Gasteiger partial charge in [-0.3, -0.25) is 9.69 Å². The molecule has 0 atom stereocenters. The number of phenolic OH excluding ortho intramolecular Hbond substituents is 1. The van der Waals surface area contributed by atoms with E-state index >= 15 is 0 Å². The molecule has 1 saturated heterocycles. The van der Waals surface area contributed by atoms with Crippen LogP contribution in [0.25, 0.3) is 0 Å². The Morgan fingerprint density at radius 3 is 2.48 bits per heavy atom. The van der Waals surface area contributed by atoms with Crippen LogP contribution in [0, 0.1) is 19.3 Å². The number of phenols is 1. The molecule has 3 rings (SSSR count). The SMILES string of the molecule is CCOC(=O)C(=O)Nc1cc(C)c(Oc2ccc(O)c(CN3CCCC(C)(C)C3)c2)c(C)c1. The quantitative estimate of drug-likeness (QED) is 0.476. The second kappa shape index (κ2) is 10.3. The predicted molar refractivity (Wildman–Crippen MR) is 128 cm³/mol. The minimum atomic E-state index is -0.915. The molecule has 0 radical (unpaired) electrons. The maximum Gasteiger partial charge on any atom is 0.397 e. The summed E-state index contributed by atoms with van der Waals surface area (Å²) < 4.78 is 10.9. The van der Waals surface area contributed by atoms with Crippen molar-refractivity contribution in [3.8, 4) is 17.2 Å². The molecular weight excluding hydrogens is 420 g/mol. The summed E-state index contributed by atoms with van der Waals surface area (Å²) in [4.78, 5) is 25.9. The largest absolute Gasteiger partial charge is 0.508 e. The number of aryl methyl sites for hydroxylation is 2. The molecule has 7 heteroatoms. The van der Waals surface area contributed by atoms with Gasteiger partial charge in [-0.25, -0.2) is 4.79 Å². The van der Waals surface area contributed by atoms with Crippen molar-refractivity contribution in [2.24, 2.45) is 5.41 Å². The number of anilines is 1. The van der Waals surface area contributed by atoms with Crippen LogP contribution < -0.4 is 10.1 Å². The van der Waals surface area contributed by atoms with Crippen molar-refractivity contribution in [3.63, 3.8) is 0 Å². The lowest BCUT2D eigenvalue weighted by Crippen LogP contribution is -2.39. The Morgan fingerprint density at radius 2 is 1.85 bits per heavy atom. The van der Waals surface area contributed by atoms with Crippen LogP contribution in [-0.2, 0) is 20.9 Å². The van der Waals surface area contributed by atoms with E-state index in [2.05, 4.69) is 24.1 Å². The zero-order valence-corrected chi connectivity index (χ0v) is 20.2. The number of esters is 1. The fraction of sp³-hybridized carbons (Fsp3) is 0.462. The van der Waals surface area contributed by atoms with Crippen LogP contribution in [0.1, 0.15) is 50.3 Å². The molecule has 178 valence electrons. The lowest BCUT2D eigenvalue weighted by atomic mass is 9.84. The van der Waals surface area contributed by atoms with Crippen molar-refractivity contribution in [2.75, 3.05) is 25.0 Å². The summed E-state index contributed by atoms with van der Waals surface area (Å²) in [5.41, 5.74) is 3.22. The number of hydrogen-bond acceptors (Lipinski definition) is 6. The Bertz CT molecular complexity index is 1010. The number of nitrogens with zero attached hydrogens (tertiary/aromatic N) is 1. The number of aromatic hydroxyl groups is 1. The van der Waals surface area contributed by atoms with Gasteiger partial charge in [0.2, 0.25) is 0 Å². The third-order valence-electron chi connectivity index (χ3n) is 5.82. The first-order valence-corrected chi connectivity index (χ1v) is 11.4. The first-order chi connectivity index (χ1) is 15.6. The fourth-order valence-electron chi connectivity index (χ4n) is 4.35. The average molecular weight is 455 g/mol. The van der Waals surface area contributed by atoms with Crippen molar-refractivity contribution >= 4 is 17.6 Å². The highest BCUT2D eigenvalue weighted by molar-refractivity contribution is 6.37. The van der Waals surface area contributed by atoms with E-state index in [-0.39, 0.29) is 17.8 Å². The van der Waals surface area contributed by atoms with E-state index in [0.717, 1.165) is 36.2 Å². The monoisotopic (exact) mass is 454 g/mol. The van der Waals surface area contributed by atoms with Gasteiger partial charge in [-0.05, 0) is 87.0 Å². The minimum absolute atomic E-state index is 0.140. The molecule has 0 aromatic heterocycles. The molecule has 33 heavy (non-hydrogen) atoms. The van der Waals surface area contributed by atoms with Crippen molar-refractivity contribution in [2.45, 2.75) is 54.0 Å². The number of carbonyl (C=O) groups is 2. The highest BCUT2D eigenvalue weighted by atomic mass is 16.5. The molecular formula is C26H34N2O5. The molecule has 1 heterocycles. The summed E-state index contributed by atoms with van der Waals surface area (Å²) in [6.45, 7) is 12.8. The number of amides is 1. The number of piperidine rings is 1. The molecule has 1 fully saturated rings. The highest BCUT2D eigenvalue weighted by Gasteiger charge is 2.26. The van der Waals surface area contributed by atoms with Crippen LogP contribution in [0.3, 0.4) is 0 Å². The summed E-state index contributed by atoms with van der Waals surface area (Å²) in [5, 5.41) is 13.0. The Hall–Kier alpha value is -3.06. The van der Waals surface area contributed by atoms with Crippen LogP contribution >= 0.6 is 0 Å². The van der Waals surface area contributed by atoms with Gasteiger partial charge in [-0.2, -0.15) is 0 Å². The summed E-state index contributed by atoms with van der Waals surface area (Å²) in [7, 11) is 0. The number of carbonyl (C=O) groups excluding carboxylic acids is 2. The second-order valence-electron chi connectivity index (χ2n) is 9.48. The summed E-state index contributed by atoms with van der Waals surface area (Å²) in [6.07, 6.45) is 2.37. The van der Waals surface area contributed by atoms with Crippen LogP contribution in [0.4, 0.5) is 5.69 Å². The molecule has 2 aromatic carbocycles. The van der Waals surface area contributed by atoms with E-state index in [1.807, 2.05) is 19.9 Å². The van der Waals surface area contributed by atoms with Crippen molar-refractivity contribution in [1.82, 2.24) is 4.90 Å². The third kappa shape index (κ3) is 6.48. The van der Waals surface area contributed by atoms with Crippen molar-refractivity contribution in [1.29, 1.82) is 0 Å². The van der Waals surface area contributed by atoms with Gasteiger partial charge in [0.1, 0.15) is 17.2 Å². The molecule has 0 unspecified atom stereocenters. The van der Waals surface area contributed by atoms with Crippen LogP contribution in [0.15, 0.2) is 30.3 Å². The maximum absolute atomic E-state index is 11.9. The van der Waals surface area contributed by atoms with Gasteiger partial charge < -0.3 is 19.9 Å².